The topological polar surface area (TPSA) is 55.3 Å². The Morgan fingerprint density at radius 3 is 2.85 bits per heavy atom. The Morgan fingerprint density at radius 1 is 1.35 bits per heavy atom. The SMILES string of the molecule is C=C/C=C(\C(Cl)=C/N)c1nc2sc3ccccc3n2c1NC1CCCC1. The number of hydrogen-bond acceptors (Lipinski definition) is 4. The smallest absolute Gasteiger partial charge is 0.197 e. The van der Waals surface area contributed by atoms with Gasteiger partial charge in [0.2, 0.25) is 0 Å². The van der Waals surface area contributed by atoms with Gasteiger partial charge in [0, 0.05) is 17.8 Å². The Kier molecular flexibility index (Phi) is 4.74. The molecule has 4 rings (SSSR count). The van der Waals surface area contributed by atoms with Crippen LogP contribution in [0.1, 0.15) is 31.4 Å². The van der Waals surface area contributed by atoms with Crippen LogP contribution in [0, 0.1) is 0 Å². The molecule has 2 aromatic heterocycles. The van der Waals surface area contributed by atoms with Crippen LogP contribution in [0.4, 0.5) is 5.82 Å². The molecule has 3 aromatic rings. The van der Waals surface area contributed by atoms with Crippen LogP contribution in [0.25, 0.3) is 20.8 Å². The minimum atomic E-state index is 0.456. The van der Waals surface area contributed by atoms with Crippen molar-refractivity contribution in [2.45, 2.75) is 31.7 Å². The minimum absolute atomic E-state index is 0.456. The Hall–Kier alpha value is -2.24. The highest BCUT2D eigenvalue weighted by Gasteiger charge is 2.24. The molecule has 0 amide bonds. The van der Waals surface area contributed by atoms with E-state index in [9.17, 15) is 0 Å². The van der Waals surface area contributed by atoms with E-state index < -0.39 is 0 Å². The van der Waals surface area contributed by atoms with Crippen LogP contribution >= 0.6 is 22.9 Å². The van der Waals surface area contributed by atoms with Crippen LogP contribution in [0.3, 0.4) is 0 Å². The Labute approximate surface area is 161 Å². The van der Waals surface area contributed by atoms with Gasteiger partial charge in [0.15, 0.2) is 4.96 Å². The number of thiazole rings is 1. The van der Waals surface area contributed by atoms with E-state index in [1.807, 2.05) is 6.08 Å². The summed E-state index contributed by atoms with van der Waals surface area (Å²) in [7, 11) is 0. The fourth-order valence-electron chi connectivity index (χ4n) is 3.58. The molecule has 26 heavy (non-hydrogen) atoms. The molecule has 0 spiro atoms. The molecule has 4 nitrogen and oxygen atoms in total. The molecular formula is C20H21ClN4S. The van der Waals surface area contributed by atoms with Crippen molar-refractivity contribution >= 4 is 49.5 Å². The van der Waals surface area contributed by atoms with Crippen molar-refractivity contribution in [3.8, 4) is 0 Å². The second-order valence-electron chi connectivity index (χ2n) is 6.45. The van der Waals surface area contributed by atoms with Gasteiger partial charge in [0.25, 0.3) is 0 Å². The number of nitrogens with one attached hydrogen (secondary N) is 1. The highest BCUT2D eigenvalue weighted by molar-refractivity contribution is 7.23. The number of halogens is 1. The van der Waals surface area contributed by atoms with E-state index in [1.54, 1.807) is 17.4 Å². The molecule has 3 N–H and O–H groups in total. The summed E-state index contributed by atoms with van der Waals surface area (Å²) in [6, 6.07) is 8.82. The Bertz CT molecular complexity index is 1020. The van der Waals surface area contributed by atoms with Crippen molar-refractivity contribution in [2.24, 2.45) is 5.73 Å². The normalized spacial score (nSPS) is 16.7. The van der Waals surface area contributed by atoms with Gasteiger partial charge in [-0.2, -0.15) is 0 Å². The summed E-state index contributed by atoms with van der Waals surface area (Å²) in [6.45, 7) is 3.81. The summed E-state index contributed by atoms with van der Waals surface area (Å²) in [5, 5.41) is 4.20. The van der Waals surface area contributed by atoms with Gasteiger partial charge in [-0.15, -0.1) is 0 Å². The molecule has 6 heteroatoms. The first-order valence-corrected chi connectivity index (χ1v) is 9.99. The van der Waals surface area contributed by atoms with E-state index in [4.69, 9.17) is 22.3 Å². The quantitative estimate of drug-likeness (QED) is 0.570. The molecule has 0 atom stereocenters. The lowest BCUT2D eigenvalue weighted by Gasteiger charge is -2.15. The lowest BCUT2D eigenvalue weighted by molar-refractivity contribution is 0.749. The third kappa shape index (κ3) is 2.91. The number of benzene rings is 1. The Balaban J connectivity index is 1.96. The molecule has 1 aromatic carbocycles. The van der Waals surface area contributed by atoms with Gasteiger partial charge in [-0.25, -0.2) is 4.98 Å². The average Bonchev–Trinajstić information content (AvgIpc) is 3.36. The van der Waals surface area contributed by atoms with Gasteiger partial charge in [0.1, 0.15) is 11.5 Å². The van der Waals surface area contributed by atoms with Gasteiger partial charge in [-0.1, -0.05) is 66.6 Å². The second kappa shape index (κ2) is 7.17. The number of hydrogen-bond donors (Lipinski definition) is 2. The maximum Gasteiger partial charge on any atom is 0.197 e. The predicted octanol–water partition coefficient (Wildman–Crippen LogP) is 5.51. The summed E-state index contributed by atoms with van der Waals surface area (Å²) in [5.41, 5.74) is 8.45. The molecule has 0 radical (unpaired) electrons. The van der Waals surface area contributed by atoms with Gasteiger partial charge < -0.3 is 11.1 Å². The van der Waals surface area contributed by atoms with Crippen molar-refractivity contribution in [3.05, 3.63) is 59.9 Å². The van der Waals surface area contributed by atoms with Crippen molar-refractivity contribution in [3.63, 3.8) is 0 Å². The molecule has 2 heterocycles. The lowest BCUT2D eigenvalue weighted by Crippen LogP contribution is -2.17. The average molecular weight is 385 g/mol. The number of para-hydroxylation sites is 1. The molecule has 0 unspecified atom stereocenters. The zero-order valence-electron chi connectivity index (χ0n) is 14.4. The van der Waals surface area contributed by atoms with Gasteiger partial charge in [-0.05, 0) is 25.0 Å². The van der Waals surface area contributed by atoms with E-state index in [-0.39, 0.29) is 0 Å². The van der Waals surface area contributed by atoms with E-state index in [2.05, 4.69) is 40.6 Å². The van der Waals surface area contributed by atoms with Gasteiger partial charge >= 0.3 is 0 Å². The number of fused-ring (bicyclic) bond motifs is 3. The number of aromatic nitrogens is 2. The Morgan fingerprint density at radius 2 is 2.12 bits per heavy atom. The molecule has 1 saturated carbocycles. The molecule has 0 aliphatic heterocycles. The summed E-state index contributed by atoms with van der Waals surface area (Å²) in [6.07, 6.45) is 9.86. The number of anilines is 1. The lowest BCUT2D eigenvalue weighted by atomic mass is 10.1. The second-order valence-corrected chi connectivity index (χ2v) is 7.87. The number of allylic oxidation sites excluding steroid dienone is 4. The monoisotopic (exact) mass is 384 g/mol. The molecule has 1 fully saturated rings. The fraction of sp³-hybridized carbons (Fsp3) is 0.250. The number of imidazole rings is 1. The first kappa shape index (κ1) is 17.2. The predicted molar refractivity (Wildman–Crippen MR) is 113 cm³/mol. The van der Waals surface area contributed by atoms with Crippen molar-refractivity contribution in [2.75, 3.05) is 5.32 Å². The van der Waals surface area contributed by atoms with Crippen molar-refractivity contribution in [1.82, 2.24) is 9.38 Å². The highest BCUT2D eigenvalue weighted by atomic mass is 35.5. The van der Waals surface area contributed by atoms with Crippen LogP contribution in [-0.2, 0) is 0 Å². The van der Waals surface area contributed by atoms with E-state index in [0.717, 1.165) is 27.6 Å². The maximum absolute atomic E-state index is 6.39. The third-order valence-corrected chi connectivity index (χ3v) is 6.14. The van der Waals surface area contributed by atoms with Crippen LogP contribution in [0.2, 0.25) is 0 Å². The third-order valence-electron chi connectivity index (χ3n) is 4.79. The number of rotatable bonds is 5. The van der Waals surface area contributed by atoms with Gasteiger partial charge in [-0.3, -0.25) is 4.40 Å². The summed E-state index contributed by atoms with van der Waals surface area (Å²) in [4.78, 5) is 5.84. The molecular weight excluding hydrogens is 364 g/mol. The standard InChI is InChI=1S/C20H21ClN4S/c1-2-7-14(15(21)12-22)18-19(23-13-8-3-4-9-13)25-16-10-5-6-11-17(16)26-20(25)24-18/h2,5-7,10-13,23H,1,3-4,8-9,22H2/b14-7+,15-12+. The van der Waals surface area contributed by atoms with E-state index in [1.165, 1.54) is 36.6 Å². The summed E-state index contributed by atoms with van der Waals surface area (Å²) < 4.78 is 3.41. The van der Waals surface area contributed by atoms with Crippen LogP contribution in [-0.4, -0.2) is 15.4 Å². The van der Waals surface area contributed by atoms with E-state index in [0.29, 0.717) is 11.1 Å². The number of nitrogens with two attached hydrogens (primary N) is 1. The first-order chi connectivity index (χ1) is 12.7. The van der Waals surface area contributed by atoms with Crippen LogP contribution < -0.4 is 11.1 Å². The van der Waals surface area contributed by atoms with Crippen LogP contribution in [0.15, 0.2) is 54.2 Å². The zero-order valence-corrected chi connectivity index (χ0v) is 16.0. The van der Waals surface area contributed by atoms with Crippen LogP contribution in [0.5, 0.6) is 0 Å². The summed E-state index contributed by atoms with van der Waals surface area (Å²) in [5.74, 6) is 0.984. The first-order valence-electron chi connectivity index (χ1n) is 8.80. The molecule has 1 aliphatic carbocycles. The zero-order chi connectivity index (χ0) is 18.1. The highest BCUT2D eigenvalue weighted by Crippen LogP contribution is 2.38. The number of nitrogens with zero attached hydrogens (tertiary/aromatic N) is 2. The summed E-state index contributed by atoms with van der Waals surface area (Å²) >= 11 is 8.07. The molecule has 1 aliphatic rings. The molecule has 134 valence electrons. The minimum Gasteiger partial charge on any atom is -0.403 e. The largest absolute Gasteiger partial charge is 0.403 e. The van der Waals surface area contributed by atoms with E-state index >= 15 is 0 Å². The fourth-order valence-corrected chi connectivity index (χ4v) is 4.76. The molecule has 0 saturated heterocycles. The van der Waals surface area contributed by atoms with Crippen molar-refractivity contribution < 1.29 is 0 Å². The maximum atomic E-state index is 6.39. The molecule has 0 bridgehead atoms. The van der Waals surface area contributed by atoms with Crippen molar-refractivity contribution in [1.29, 1.82) is 0 Å². The van der Waals surface area contributed by atoms with Gasteiger partial charge in [0.05, 0.1) is 15.2 Å².